The summed E-state index contributed by atoms with van der Waals surface area (Å²) in [5, 5.41) is 0. The second-order valence-electron chi connectivity index (χ2n) is 2.63. The molecule has 0 heterocycles. The number of carbonyl (C=O) groups is 3. The van der Waals surface area contributed by atoms with Crippen LogP contribution in [0.3, 0.4) is 0 Å². The molecule has 0 saturated heterocycles. The van der Waals surface area contributed by atoms with E-state index in [2.05, 4.69) is 0 Å². The van der Waals surface area contributed by atoms with Crippen molar-refractivity contribution in [3.8, 4) is 0 Å². The fraction of sp³-hybridized carbons (Fsp3) is 0.571. The van der Waals surface area contributed by atoms with Crippen LogP contribution in [0.4, 0.5) is 0 Å². The molecular weight excluding hydrogens is 132 g/mol. The molecule has 10 heavy (non-hydrogen) atoms. The summed E-state index contributed by atoms with van der Waals surface area (Å²) in [6, 6.07) is 0. The van der Waals surface area contributed by atoms with Crippen molar-refractivity contribution < 1.29 is 14.4 Å². The van der Waals surface area contributed by atoms with Gasteiger partial charge in [0.25, 0.3) is 0 Å². The van der Waals surface area contributed by atoms with Gasteiger partial charge in [-0.2, -0.15) is 0 Å². The lowest BCUT2D eigenvalue weighted by molar-refractivity contribution is -0.133. The average molecular weight is 142 g/mol. The summed E-state index contributed by atoms with van der Waals surface area (Å²) in [6.45, 7) is 2.98. The molecule has 0 atom stereocenters. The van der Waals surface area contributed by atoms with Gasteiger partial charge >= 0.3 is 0 Å². The maximum atomic E-state index is 10.8. The van der Waals surface area contributed by atoms with Crippen molar-refractivity contribution in [2.24, 2.45) is 5.41 Å². The van der Waals surface area contributed by atoms with Crippen LogP contribution in [-0.4, -0.2) is 18.4 Å². The Hall–Kier alpha value is -0.990. The molecule has 56 valence electrons. The van der Waals surface area contributed by atoms with E-state index in [1.807, 2.05) is 0 Å². The smallest absolute Gasteiger partial charge is 0.152 e. The first-order valence-corrected chi connectivity index (χ1v) is 2.98. The van der Waals surface area contributed by atoms with Crippen LogP contribution >= 0.6 is 0 Å². The summed E-state index contributed by atoms with van der Waals surface area (Å²) >= 11 is 0. The Morgan fingerprint density at radius 1 is 1.40 bits per heavy atom. The van der Waals surface area contributed by atoms with Gasteiger partial charge in [0.15, 0.2) is 5.78 Å². The largest absolute Gasteiger partial charge is 0.303 e. The van der Waals surface area contributed by atoms with E-state index >= 15 is 0 Å². The molecule has 0 spiro atoms. The number of hydrogen-bond acceptors (Lipinski definition) is 3. The van der Waals surface area contributed by atoms with E-state index in [1.165, 1.54) is 13.8 Å². The van der Waals surface area contributed by atoms with E-state index in [9.17, 15) is 14.4 Å². The van der Waals surface area contributed by atoms with Crippen molar-refractivity contribution in [2.45, 2.75) is 20.3 Å². The second-order valence-corrected chi connectivity index (χ2v) is 2.63. The monoisotopic (exact) mass is 142 g/mol. The maximum Gasteiger partial charge on any atom is 0.152 e. The maximum absolute atomic E-state index is 10.8. The highest BCUT2D eigenvalue weighted by atomic mass is 16.2. The lowest BCUT2D eigenvalue weighted by atomic mass is 9.89. The fourth-order valence-corrected chi connectivity index (χ4v) is 0.404. The summed E-state index contributed by atoms with van der Waals surface area (Å²) in [4.78, 5) is 30.9. The molecule has 0 unspecified atom stereocenters. The number of Topliss-reactive ketones (excluding diaryl/α,β-unsaturated/α-hetero) is 1. The summed E-state index contributed by atoms with van der Waals surface area (Å²) in [5.41, 5.74) is -0.999. The second kappa shape index (κ2) is 3.25. The molecule has 3 heteroatoms. The minimum atomic E-state index is -0.999. The number of aldehydes is 2. The molecule has 0 N–H and O–H groups in total. The predicted octanol–water partition coefficient (Wildman–Crippen LogP) is 0.370. The van der Waals surface area contributed by atoms with Gasteiger partial charge < -0.3 is 9.59 Å². The minimum Gasteiger partial charge on any atom is -0.303 e. The highest BCUT2D eigenvalue weighted by Gasteiger charge is 2.25. The van der Waals surface area contributed by atoms with Crippen molar-refractivity contribution in [2.75, 3.05) is 0 Å². The van der Waals surface area contributed by atoms with Crippen LogP contribution in [0.1, 0.15) is 20.3 Å². The van der Waals surface area contributed by atoms with Gasteiger partial charge in [0.2, 0.25) is 0 Å². The van der Waals surface area contributed by atoms with Crippen molar-refractivity contribution >= 4 is 18.4 Å². The first-order valence-electron chi connectivity index (χ1n) is 2.98. The molecule has 0 aliphatic heterocycles. The Kier molecular flexibility index (Phi) is 2.93. The summed E-state index contributed by atoms with van der Waals surface area (Å²) in [5.74, 6) is -0.336. The topological polar surface area (TPSA) is 51.2 Å². The number of ketones is 1. The number of rotatable bonds is 4. The molecule has 0 amide bonds. The third-order valence-electron chi connectivity index (χ3n) is 1.28. The SMILES string of the molecule is CC(C)(C=O)C(=O)CC=O. The van der Waals surface area contributed by atoms with Crippen LogP contribution in [0.5, 0.6) is 0 Å². The third-order valence-corrected chi connectivity index (χ3v) is 1.28. The lowest BCUT2D eigenvalue weighted by Gasteiger charge is -2.11. The van der Waals surface area contributed by atoms with Gasteiger partial charge in [0.1, 0.15) is 12.6 Å². The highest BCUT2D eigenvalue weighted by Crippen LogP contribution is 2.13. The van der Waals surface area contributed by atoms with Crippen molar-refractivity contribution in [3.05, 3.63) is 0 Å². The molecule has 0 aromatic rings. The molecule has 0 aliphatic rings. The summed E-state index contributed by atoms with van der Waals surface area (Å²) in [7, 11) is 0. The molecule has 0 radical (unpaired) electrons. The molecule has 0 fully saturated rings. The first kappa shape index (κ1) is 9.01. The molecular formula is C7H10O3. The predicted molar refractivity (Wildman–Crippen MR) is 35.5 cm³/mol. The number of hydrogen-bond donors (Lipinski definition) is 0. The summed E-state index contributed by atoms with van der Waals surface area (Å²) < 4.78 is 0. The average Bonchev–Trinajstić information content (AvgIpc) is 1.89. The Bertz CT molecular complexity index is 158. The van der Waals surface area contributed by atoms with Gasteiger partial charge in [-0.1, -0.05) is 0 Å². The summed E-state index contributed by atoms with van der Waals surface area (Å²) in [6.07, 6.45) is 0.887. The van der Waals surface area contributed by atoms with Gasteiger partial charge in [0, 0.05) is 0 Å². The Labute approximate surface area is 59.4 Å². The Balaban J connectivity index is 4.17. The Morgan fingerprint density at radius 3 is 2.20 bits per heavy atom. The van der Waals surface area contributed by atoms with Crippen LogP contribution in [0, 0.1) is 5.41 Å². The van der Waals surface area contributed by atoms with Crippen LogP contribution < -0.4 is 0 Å². The molecule has 0 aromatic heterocycles. The lowest BCUT2D eigenvalue weighted by Crippen LogP contribution is -2.25. The highest BCUT2D eigenvalue weighted by molar-refractivity contribution is 6.02. The van der Waals surface area contributed by atoms with Crippen LogP contribution in [-0.2, 0) is 14.4 Å². The number of carbonyl (C=O) groups excluding carboxylic acids is 3. The normalized spacial score (nSPS) is 10.6. The third kappa shape index (κ3) is 2.09. The standard InChI is InChI=1S/C7H10O3/c1-7(2,5-9)6(10)3-4-8/h4-5H,3H2,1-2H3. The van der Waals surface area contributed by atoms with E-state index < -0.39 is 5.41 Å². The molecule has 0 saturated carbocycles. The van der Waals surface area contributed by atoms with Crippen LogP contribution in [0.2, 0.25) is 0 Å². The zero-order valence-electron chi connectivity index (χ0n) is 6.09. The molecule has 0 rings (SSSR count). The van der Waals surface area contributed by atoms with Gasteiger partial charge in [-0.05, 0) is 13.8 Å². The van der Waals surface area contributed by atoms with Crippen LogP contribution in [0.25, 0.3) is 0 Å². The quantitative estimate of drug-likeness (QED) is 0.421. The van der Waals surface area contributed by atoms with E-state index in [0.29, 0.717) is 12.6 Å². The van der Waals surface area contributed by atoms with Crippen molar-refractivity contribution in [1.82, 2.24) is 0 Å². The van der Waals surface area contributed by atoms with Gasteiger partial charge in [-0.25, -0.2) is 0 Å². The van der Waals surface area contributed by atoms with Gasteiger partial charge in [0.05, 0.1) is 11.8 Å². The van der Waals surface area contributed by atoms with E-state index in [0.717, 1.165) is 0 Å². The minimum absolute atomic E-state index is 0.175. The zero-order chi connectivity index (χ0) is 8.20. The van der Waals surface area contributed by atoms with E-state index in [1.54, 1.807) is 0 Å². The van der Waals surface area contributed by atoms with Crippen molar-refractivity contribution in [3.63, 3.8) is 0 Å². The fourth-order valence-electron chi connectivity index (χ4n) is 0.404. The molecule has 0 aliphatic carbocycles. The van der Waals surface area contributed by atoms with Crippen molar-refractivity contribution in [1.29, 1.82) is 0 Å². The molecule has 0 aromatic carbocycles. The van der Waals surface area contributed by atoms with Crippen LogP contribution in [0.15, 0.2) is 0 Å². The zero-order valence-corrected chi connectivity index (χ0v) is 6.09. The molecule has 3 nitrogen and oxygen atoms in total. The first-order chi connectivity index (χ1) is 4.54. The van der Waals surface area contributed by atoms with Gasteiger partial charge in [-0.3, -0.25) is 4.79 Å². The molecule has 0 bridgehead atoms. The Morgan fingerprint density at radius 2 is 1.90 bits per heavy atom. The van der Waals surface area contributed by atoms with E-state index in [-0.39, 0.29) is 12.2 Å². The van der Waals surface area contributed by atoms with E-state index in [4.69, 9.17) is 0 Å². The van der Waals surface area contributed by atoms with Gasteiger partial charge in [-0.15, -0.1) is 0 Å².